The van der Waals surface area contributed by atoms with Gasteiger partial charge >= 0.3 is 0 Å². The van der Waals surface area contributed by atoms with Gasteiger partial charge in [0, 0.05) is 11.1 Å². The first-order valence-electron chi connectivity index (χ1n) is 6.65. The maximum atomic E-state index is 9.39. The summed E-state index contributed by atoms with van der Waals surface area (Å²) < 4.78 is 5.66. The second-order valence-electron chi connectivity index (χ2n) is 4.89. The van der Waals surface area contributed by atoms with Crippen LogP contribution in [0.15, 0.2) is 59.0 Å². The van der Waals surface area contributed by atoms with Gasteiger partial charge in [-0.15, -0.1) is 0 Å². The second kappa shape index (κ2) is 5.18. The molecule has 3 rings (SSSR count). The first-order chi connectivity index (χ1) is 10.2. The van der Waals surface area contributed by atoms with Crippen molar-refractivity contribution in [3.05, 3.63) is 65.7 Å². The molecule has 0 aliphatic carbocycles. The SMILES string of the molecule is Cc1ccc(-c2c(-c3ccccc3)oc(N)c2C#N)cc1. The summed E-state index contributed by atoms with van der Waals surface area (Å²) in [5.74, 6) is 0.792. The van der Waals surface area contributed by atoms with E-state index in [-0.39, 0.29) is 5.88 Å². The average Bonchev–Trinajstić information content (AvgIpc) is 2.85. The second-order valence-corrected chi connectivity index (χ2v) is 4.89. The quantitative estimate of drug-likeness (QED) is 0.754. The highest BCUT2D eigenvalue weighted by molar-refractivity contribution is 5.87. The van der Waals surface area contributed by atoms with Crippen molar-refractivity contribution in [2.45, 2.75) is 6.92 Å². The van der Waals surface area contributed by atoms with Crippen LogP contribution >= 0.6 is 0 Å². The minimum Gasteiger partial charge on any atom is -0.439 e. The Labute approximate surface area is 123 Å². The molecule has 102 valence electrons. The summed E-state index contributed by atoms with van der Waals surface area (Å²) in [5.41, 5.74) is 10.00. The van der Waals surface area contributed by atoms with Crippen molar-refractivity contribution >= 4 is 5.88 Å². The fourth-order valence-electron chi connectivity index (χ4n) is 2.35. The molecule has 0 fully saturated rings. The van der Waals surface area contributed by atoms with Crippen molar-refractivity contribution < 1.29 is 4.42 Å². The molecule has 0 aliphatic heterocycles. The molecule has 2 N–H and O–H groups in total. The van der Waals surface area contributed by atoms with Crippen molar-refractivity contribution in [2.75, 3.05) is 5.73 Å². The van der Waals surface area contributed by atoms with Crippen LogP contribution in [0.2, 0.25) is 0 Å². The van der Waals surface area contributed by atoms with E-state index in [2.05, 4.69) is 6.07 Å². The van der Waals surface area contributed by atoms with E-state index in [9.17, 15) is 5.26 Å². The van der Waals surface area contributed by atoms with Crippen LogP contribution < -0.4 is 5.73 Å². The number of rotatable bonds is 2. The molecule has 1 heterocycles. The van der Waals surface area contributed by atoms with Gasteiger partial charge in [-0.3, -0.25) is 0 Å². The maximum Gasteiger partial charge on any atom is 0.209 e. The van der Waals surface area contributed by atoms with Crippen LogP contribution in [-0.4, -0.2) is 0 Å². The zero-order valence-electron chi connectivity index (χ0n) is 11.6. The zero-order valence-corrected chi connectivity index (χ0v) is 11.6. The normalized spacial score (nSPS) is 10.3. The number of benzene rings is 2. The van der Waals surface area contributed by atoms with E-state index in [1.165, 1.54) is 0 Å². The molecule has 21 heavy (non-hydrogen) atoms. The van der Waals surface area contributed by atoms with Crippen LogP contribution in [0, 0.1) is 18.3 Å². The lowest BCUT2D eigenvalue weighted by Crippen LogP contribution is -1.87. The predicted molar refractivity (Wildman–Crippen MR) is 83.4 cm³/mol. The Morgan fingerprint density at radius 1 is 0.952 bits per heavy atom. The summed E-state index contributed by atoms with van der Waals surface area (Å²) in [6.07, 6.45) is 0. The highest BCUT2D eigenvalue weighted by Gasteiger charge is 2.21. The molecule has 0 amide bonds. The Balaban J connectivity index is 2.27. The summed E-state index contributed by atoms with van der Waals surface area (Å²) in [6.45, 7) is 2.02. The largest absolute Gasteiger partial charge is 0.439 e. The minimum absolute atomic E-state index is 0.159. The highest BCUT2D eigenvalue weighted by Crippen LogP contribution is 2.40. The maximum absolute atomic E-state index is 9.39. The van der Waals surface area contributed by atoms with Gasteiger partial charge in [-0.2, -0.15) is 5.26 Å². The summed E-state index contributed by atoms with van der Waals surface area (Å²) in [7, 11) is 0. The standard InChI is InChI=1S/C18H14N2O/c1-12-7-9-13(10-8-12)16-15(11-19)18(20)21-17(16)14-5-3-2-4-6-14/h2-10H,20H2,1H3. The van der Waals surface area contributed by atoms with Gasteiger partial charge in [0.25, 0.3) is 0 Å². The summed E-state index contributed by atoms with van der Waals surface area (Å²) in [5, 5.41) is 9.39. The first-order valence-corrected chi connectivity index (χ1v) is 6.65. The summed E-state index contributed by atoms with van der Waals surface area (Å²) in [6, 6.07) is 19.8. The molecular formula is C18H14N2O. The Kier molecular flexibility index (Phi) is 3.21. The van der Waals surface area contributed by atoms with Gasteiger partial charge in [-0.05, 0) is 12.5 Å². The van der Waals surface area contributed by atoms with E-state index in [4.69, 9.17) is 10.2 Å². The molecule has 0 bridgehead atoms. The van der Waals surface area contributed by atoms with Gasteiger partial charge in [0.15, 0.2) is 0 Å². The van der Waals surface area contributed by atoms with Gasteiger partial charge < -0.3 is 10.2 Å². The molecule has 0 radical (unpaired) electrons. The van der Waals surface area contributed by atoms with Crippen molar-refractivity contribution in [1.29, 1.82) is 5.26 Å². The van der Waals surface area contributed by atoms with Gasteiger partial charge in [0.2, 0.25) is 5.88 Å². The van der Waals surface area contributed by atoms with Crippen LogP contribution in [0.3, 0.4) is 0 Å². The van der Waals surface area contributed by atoms with Crippen molar-refractivity contribution in [2.24, 2.45) is 0 Å². The first kappa shape index (κ1) is 13.0. The van der Waals surface area contributed by atoms with Crippen LogP contribution in [0.4, 0.5) is 5.88 Å². The van der Waals surface area contributed by atoms with E-state index in [0.29, 0.717) is 11.3 Å². The van der Waals surface area contributed by atoms with E-state index in [0.717, 1.165) is 22.3 Å². The molecule has 3 aromatic rings. The third-order valence-corrected chi connectivity index (χ3v) is 3.42. The van der Waals surface area contributed by atoms with Gasteiger partial charge in [0.1, 0.15) is 17.4 Å². The fourth-order valence-corrected chi connectivity index (χ4v) is 2.35. The molecule has 3 nitrogen and oxygen atoms in total. The van der Waals surface area contributed by atoms with E-state index < -0.39 is 0 Å². The summed E-state index contributed by atoms with van der Waals surface area (Å²) >= 11 is 0. The smallest absolute Gasteiger partial charge is 0.209 e. The third-order valence-electron chi connectivity index (χ3n) is 3.42. The average molecular weight is 274 g/mol. The Morgan fingerprint density at radius 2 is 1.62 bits per heavy atom. The number of nitrogen functional groups attached to an aromatic ring is 1. The Bertz CT molecular complexity index is 809. The Morgan fingerprint density at radius 3 is 2.24 bits per heavy atom. The van der Waals surface area contributed by atoms with Gasteiger partial charge in [-0.25, -0.2) is 0 Å². The molecule has 0 aliphatic rings. The van der Waals surface area contributed by atoms with E-state index in [1.54, 1.807) is 0 Å². The molecular weight excluding hydrogens is 260 g/mol. The number of nitrogens with zero attached hydrogens (tertiary/aromatic N) is 1. The van der Waals surface area contributed by atoms with Gasteiger partial charge in [-0.1, -0.05) is 60.2 Å². The molecule has 0 unspecified atom stereocenters. The van der Waals surface area contributed by atoms with Crippen molar-refractivity contribution in [1.82, 2.24) is 0 Å². The number of nitriles is 1. The molecule has 3 heteroatoms. The van der Waals surface area contributed by atoms with Crippen LogP contribution in [0.1, 0.15) is 11.1 Å². The zero-order chi connectivity index (χ0) is 14.8. The molecule has 0 saturated heterocycles. The molecule has 0 atom stereocenters. The lowest BCUT2D eigenvalue weighted by Gasteiger charge is -2.04. The number of aryl methyl sites for hydroxylation is 1. The highest BCUT2D eigenvalue weighted by atomic mass is 16.4. The third kappa shape index (κ3) is 2.28. The predicted octanol–water partition coefficient (Wildman–Crippen LogP) is 4.38. The topological polar surface area (TPSA) is 62.9 Å². The van der Waals surface area contributed by atoms with Crippen LogP contribution in [0.25, 0.3) is 22.5 Å². The van der Waals surface area contributed by atoms with E-state index >= 15 is 0 Å². The molecule has 2 aromatic carbocycles. The Hall–Kier alpha value is -2.99. The van der Waals surface area contributed by atoms with Gasteiger partial charge in [0.05, 0.1) is 0 Å². The lowest BCUT2D eigenvalue weighted by molar-refractivity contribution is 0.603. The minimum atomic E-state index is 0.159. The molecule has 1 aromatic heterocycles. The van der Waals surface area contributed by atoms with Crippen LogP contribution in [-0.2, 0) is 0 Å². The fraction of sp³-hybridized carbons (Fsp3) is 0.0556. The number of anilines is 1. The summed E-state index contributed by atoms with van der Waals surface area (Å²) in [4.78, 5) is 0. The number of hydrogen-bond acceptors (Lipinski definition) is 3. The molecule has 0 saturated carbocycles. The van der Waals surface area contributed by atoms with E-state index in [1.807, 2.05) is 61.5 Å². The number of furan rings is 1. The van der Waals surface area contributed by atoms with Crippen molar-refractivity contribution in [3.63, 3.8) is 0 Å². The van der Waals surface area contributed by atoms with Crippen LogP contribution in [0.5, 0.6) is 0 Å². The number of hydrogen-bond donors (Lipinski definition) is 1. The van der Waals surface area contributed by atoms with Crippen molar-refractivity contribution in [3.8, 4) is 28.5 Å². The number of nitrogens with two attached hydrogens (primary N) is 1. The molecule has 0 spiro atoms. The lowest BCUT2D eigenvalue weighted by atomic mass is 9.97. The monoisotopic (exact) mass is 274 g/mol.